The van der Waals surface area contributed by atoms with Gasteiger partial charge in [0.25, 0.3) is 5.91 Å². The van der Waals surface area contributed by atoms with Gasteiger partial charge in [-0.3, -0.25) is 9.59 Å². The molecule has 2 aromatic carbocycles. The third kappa shape index (κ3) is 4.89. The fraction of sp³-hybridized carbons (Fsp3) is 0.407. The van der Waals surface area contributed by atoms with E-state index in [4.69, 9.17) is 18.6 Å². The number of unbranched alkanes of at least 4 members (excludes halogenated alkanes) is 2. The number of halogens is 1. The van der Waals surface area contributed by atoms with Crippen molar-refractivity contribution in [1.29, 1.82) is 0 Å². The van der Waals surface area contributed by atoms with Crippen LogP contribution in [-0.2, 0) is 4.74 Å². The first-order valence-corrected chi connectivity index (χ1v) is 11.9. The van der Waals surface area contributed by atoms with Crippen LogP contribution in [0, 0.1) is 5.82 Å². The molecule has 0 bridgehead atoms. The molecule has 186 valence electrons. The van der Waals surface area contributed by atoms with Crippen LogP contribution in [0.1, 0.15) is 60.3 Å². The lowest BCUT2D eigenvalue weighted by molar-refractivity contribution is 0.0707. The van der Waals surface area contributed by atoms with Crippen LogP contribution < -0.4 is 14.9 Å². The molecule has 0 aliphatic carbocycles. The first-order chi connectivity index (χ1) is 17.0. The summed E-state index contributed by atoms with van der Waals surface area (Å²) in [4.78, 5) is 28.5. The van der Waals surface area contributed by atoms with Gasteiger partial charge in [0.05, 0.1) is 30.7 Å². The second kappa shape index (κ2) is 10.9. The van der Waals surface area contributed by atoms with E-state index in [1.807, 2.05) is 6.07 Å². The predicted molar refractivity (Wildman–Crippen MR) is 130 cm³/mol. The van der Waals surface area contributed by atoms with Gasteiger partial charge in [-0.1, -0.05) is 25.8 Å². The van der Waals surface area contributed by atoms with Crippen molar-refractivity contribution in [3.8, 4) is 11.5 Å². The summed E-state index contributed by atoms with van der Waals surface area (Å²) >= 11 is 0. The lowest BCUT2D eigenvalue weighted by atomic mass is 9.98. The summed E-state index contributed by atoms with van der Waals surface area (Å²) in [5, 5.41) is 0.100. The SMILES string of the molecule is CCCCCOc1ccc(C2c3c(oc4ccc(F)cc4c3=O)C(=O)N2CCCOC)cc1OC. The number of carbonyl (C=O) groups excluding carboxylic acids is 1. The summed E-state index contributed by atoms with van der Waals surface area (Å²) in [6, 6.07) is 8.40. The monoisotopic (exact) mass is 483 g/mol. The molecule has 2 heterocycles. The number of ether oxygens (including phenoxy) is 3. The molecule has 35 heavy (non-hydrogen) atoms. The summed E-state index contributed by atoms with van der Waals surface area (Å²) in [5.74, 6) is 0.149. The van der Waals surface area contributed by atoms with Crippen molar-refractivity contribution in [3.63, 3.8) is 0 Å². The van der Waals surface area contributed by atoms with Crippen LogP contribution in [0.5, 0.6) is 11.5 Å². The maximum absolute atomic E-state index is 13.9. The van der Waals surface area contributed by atoms with Gasteiger partial charge in [-0.25, -0.2) is 4.39 Å². The minimum atomic E-state index is -0.707. The Hall–Kier alpha value is -3.39. The molecule has 1 aliphatic heterocycles. The van der Waals surface area contributed by atoms with E-state index in [1.54, 1.807) is 31.3 Å². The zero-order chi connectivity index (χ0) is 24.9. The highest BCUT2D eigenvalue weighted by Crippen LogP contribution is 2.41. The molecule has 3 aromatic rings. The van der Waals surface area contributed by atoms with Crippen LogP contribution in [0.4, 0.5) is 4.39 Å². The smallest absolute Gasteiger partial charge is 0.290 e. The number of carbonyl (C=O) groups is 1. The highest BCUT2D eigenvalue weighted by atomic mass is 19.1. The molecule has 0 saturated carbocycles. The van der Waals surface area contributed by atoms with E-state index in [9.17, 15) is 14.0 Å². The van der Waals surface area contributed by atoms with Crippen LogP contribution in [-0.4, -0.2) is 44.8 Å². The molecular weight excluding hydrogens is 453 g/mol. The Morgan fingerprint density at radius 1 is 1.00 bits per heavy atom. The Labute approximate surface area is 203 Å². The molecule has 1 unspecified atom stereocenters. The van der Waals surface area contributed by atoms with Crippen LogP contribution in [0.25, 0.3) is 11.0 Å². The van der Waals surface area contributed by atoms with Crippen molar-refractivity contribution in [2.45, 2.75) is 38.6 Å². The van der Waals surface area contributed by atoms with Crippen LogP contribution in [0.2, 0.25) is 0 Å². The summed E-state index contributed by atoms with van der Waals surface area (Å²) in [5.41, 5.74) is 0.626. The predicted octanol–water partition coefficient (Wildman–Crippen LogP) is 5.09. The van der Waals surface area contributed by atoms with Gasteiger partial charge in [-0.15, -0.1) is 0 Å². The maximum Gasteiger partial charge on any atom is 0.290 e. The third-order valence-electron chi connectivity index (χ3n) is 6.18. The molecule has 1 atom stereocenters. The molecular formula is C27H30FNO6. The van der Waals surface area contributed by atoms with Gasteiger partial charge in [0, 0.05) is 20.3 Å². The van der Waals surface area contributed by atoms with E-state index >= 15 is 0 Å². The van der Waals surface area contributed by atoms with Gasteiger partial charge in [0.1, 0.15) is 11.4 Å². The van der Waals surface area contributed by atoms with Crippen molar-refractivity contribution in [2.24, 2.45) is 0 Å². The number of hydrogen-bond acceptors (Lipinski definition) is 6. The van der Waals surface area contributed by atoms with Gasteiger partial charge in [-0.2, -0.15) is 0 Å². The van der Waals surface area contributed by atoms with E-state index in [0.29, 0.717) is 43.2 Å². The van der Waals surface area contributed by atoms with Gasteiger partial charge in [-0.05, 0) is 48.7 Å². The zero-order valence-corrected chi connectivity index (χ0v) is 20.3. The number of hydrogen-bond donors (Lipinski definition) is 0. The van der Waals surface area contributed by atoms with Gasteiger partial charge in [0.2, 0.25) is 5.76 Å². The Morgan fingerprint density at radius 2 is 1.83 bits per heavy atom. The van der Waals surface area contributed by atoms with Crippen molar-refractivity contribution >= 4 is 16.9 Å². The lowest BCUT2D eigenvalue weighted by Crippen LogP contribution is -2.31. The molecule has 8 heteroatoms. The third-order valence-corrected chi connectivity index (χ3v) is 6.18. The number of methoxy groups -OCH3 is 2. The summed E-state index contributed by atoms with van der Waals surface area (Å²) in [7, 11) is 3.14. The Balaban J connectivity index is 1.79. The average Bonchev–Trinajstić information content (AvgIpc) is 3.14. The highest BCUT2D eigenvalue weighted by molar-refractivity contribution is 5.99. The normalized spacial score (nSPS) is 15.0. The van der Waals surface area contributed by atoms with Crippen LogP contribution in [0.15, 0.2) is 45.6 Å². The van der Waals surface area contributed by atoms with Gasteiger partial charge >= 0.3 is 0 Å². The summed E-state index contributed by atoms with van der Waals surface area (Å²) in [6.45, 7) is 3.50. The number of benzene rings is 2. The van der Waals surface area contributed by atoms with E-state index in [1.165, 1.54) is 12.1 Å². The van der Waals surface area contributed by atoms with Crippen molar-refractivity contribution < 1.29 is 27.8 Å². The topological polar surface area (TPSA) is 78.2 Å². The first-order valence-electron chi connectivity index (χ1n) is 11.9. The Kier molecular flexibility index (Phi) is 7.70. The van der Waals surface area contributed by atoms with Crippen molar-refractivity contribution in [1.82, 2.24) is 4.90 Å². The van der Waals surface area contributed by atoms with Crippen molar-refractivity contribution in [3.05, 3.63) is 69.3 Å². The fourth-order valence-corrected chi connectivity index (χ4v) is 4.46. The zero-order valence-electron chi connectivity index (χ0n) is 20.3. The van der Waals surface area contributed by atoms with E-state index in [0.717, 1.165) is 25.3 Å². The van der Waals surface area contributed by atoms with Gasteiger partial charge < -0.3 is 23.5 Å². The van der Waals surface area contributed by atoms with Crippen LogP contribution >= 0.6 is 0 Å². The molecule has 0 spiro atoms. The second-order valence-electron chi connectivity index (χ2n) is 8.53. The van der Waals surface area contributed by atoms with Gasteiger partial charge in [0.15, 0.2) is 16.9 Å². The van der Waals surface area contributed by atoms with Crippen molar-refractivity contribution in [2.75, 3.05) is 34.0 Å². The number of nitrogens with zero attached hydrogens (tertiary/aromatic N) is 1. The number of fused-ring (bicyclic) bond motifs is 2. The van der Waals surface area contributed by atoms with E-state index < -0.39 is 17.3 Å². The second-order valence-corrected chi connectivity index (χ2v) is 8.53. The molecule has 1 aromatic heterocycles. The summed E-state index contributed by atoms with van der Waals surface area (Å²) in [6.07, 6.45) is 3.67. The van der Waals surface area contributed by atoms with E-state index in [-0.39, 0.29) is 28.2 Å². The first kappa shape index (κ1) is 24.7. The molecule has 7 nitrogen and oxygen atoms in total. The molecule has 1 aliphatic rings. The molecule has 0 fully saturated rings. The molecule has 1 amide bonds. The number of amides is 1. The molecule has 4 rings (SSSR count). The largest absolute Gasteiger partial charge is 0.493 e. The standard InChI is InChI=1S/C27H30FNO6/c1-4-5-6-14-34-21-10-8-17(15-22(21)33-3)24-23-25(30)19-16-18(28)9-11-20(19)35-26(23)27(31)29(24)12-7-13-32-2/h8-11,15-16,24H,4-7,12-14H2,1-3H3. The van der Waals surface area contributed by atoms with E-state index in [2.05, 4.69) is 6.92 Å². The molecule has 0 N–H and O–H groups in total. The van der Waals surface area contributed by atoms with Crippen LogP contribution in [0.3, 0.4) is 0 Å². The average molecular weight is 484 g/mol. The number of rotatable bonds is 11. The maximum atomic E-state index is 13.9. The quantitative estimate of drug-likeness (QED) is 0.354. The Morgan fingerprint density at radius 3 is 2.57 bits per heavy atom. The molecule has 0 radical (unpaired) electrons. The lowest BCUT2D eigenvalue weighted by Gasteiger charge is -2.25. The highest BCUT2D eigenvalue weighted by Gasteiger charge is 2.42. The summed E-state index contributed by atoms with van der Waals surface area (Å²) < 4.78 is 36.4. The minimum absolute atomic E-state index is 0.0182. The molecule has 0 saturated heterocycles. The minimum Gasteiger partial charge on any atom is -0.493 e. The fourth-order valence-electron chi connectivity index (χ4n) is 4.46. The Bertz CT molecular complexity index is 1270.